The molecule has 1 aromatic carbocycles. The number of benzene rings is 1. The molecule has 0 atom stereocenters. The number of aryl methyl sites for hydroxylation is 1. The van der Waals surface area contributed by atoms with E-state index in [1.54, 1.807) is 6.07 Å². The van der Waals surface area contributed by atoms with Gasteiger partial charge in [-0.2, -0.15) is 0 Å². The number of amides is 1. The third-order valence-electron chi connectivity index (χ3n) is 2.88. The summed E-state index contributed by atoms with van der Waals surface area (Å²) in [7, 11) is 0. The Balaban J connectivity index is 2.07. The monoisotopic (exact) mass is 304 g/mol. The normalized spacial score (nSPS) is 10.2. The number of rotatable bonds is 5. The Morgan fingerprint density at radius 3 is 2.62 bits per heavy atom. The number of anilines is 2. The van der Waals surface area contributed by atoms with Crippen LogP contribution < -0.4 is 10.6 Å². The van der Waals surface area contributed by atoms with E-state index in [2.05, 4.69) is 20.6 Å². The highest BCUT2D eigenvalue weighted by Gasteiger charge is 2.07. The molecule has 0 spiro atoms. The van der Waals surface area contributed by atoms with E-state index < -0.39 is 0 Å². The Morgan fingerprint density at radius 1 is 1.29 bits per heavy atom. The van der Waals surface area contributed by atoms with Crippen molar-refractivity contribution in [2.24, 2.45) is 0 Å². The van der Waals surface area contributed by atoms with Gasteiger partial charge in [-0.05, 0) is 37.1 Å². The van der Waals surface area contributed by atoms with Gasteiger partial charge in [-0.3, -0.25) is 4.79 Å². The van der Waals surface area contributed by atoms with Crippen LogP contribution in [0.25, 0.3) is 0 Å². The lowest BCUT2D eigenvalue weighted by Crippen LogP contribution is -2.24. The van der Waals surface area contributed by atoms with Crippen molar-refractivity contribution < 1.29 is 4.79 Å². The van der Waals surface area contributed by atoms with Gasteiger partial charge in [-0.15, -0.1) is 0 Å². The van der Waals surface area contributed by atoms with Gasteiger partial charge in [0.25, 0.3) is 5.91 Å². The second kappa shape index (κ2) is 7.04. The van der Waals surface area contributed by atoms with E-state index >= 15 is 0 Å². The summed E-state index contributed by atoms with van der Waals surface area (Å²) in [4.78, 5) is 20.0. The molecule has 0 radical (unpaired) electrons. The molecule has 2 N–H and O–H groups in total. The van der Waals surface area contributed by atoms with Crippen LogP contribution >= 0.6 is 11.6 Å². The molecule has 2 rings (SSSR count). The van der Waals surface area contributed by atoms with Gasteiger partial charge < -0.3 is 10.6 Å². The fraction of sp³-hybridized carbons (Fsp3) is 0.267. The van der Waals surface area contributed by atoms with E-state index in [0.717, 1.165) is 17.7 Å². The van der Waals surface area contributed by atoms with Crippen molar-refractivity contribution in [2.75, 3.05) is 11.9 Å². The molecule has 110 valence electrons. The lowest BCUT2D eigenvalue weighted by Gasteiger charge is -2.08. The van der Waals surface area contributed by atoms with Crippen molar-refractivity contribution in [2.45, 2.75) is 20.3 Å². The lowest BCUT2D eigenvalue weighted by atomic mass is 10.2. The molecule has 0 saturated carbocycles. The molecule has 6 heteroatoms. The molecule has 0 bridgehead atoms. The van der Waals surface area contributed by atoms with Crippen LogP contribution in [0, 0.1) is 6.92 Å². The van der Waals surface area contributed by atoms with Crippen LogP contribution in [0.4, 0.5) is 11.6 Å². The molecule has 0 aliphatic carbocycles. The number of halogens is 1. The predicted molar refractivity (Wildman–Crippen MR) is 84.1 cm³/mol. The van der Waals surface area contributed by atoms with Crippen molar-refractivity contribution in [3.63, 3.8) is 0 Å². The van der Waals surface area contributed by atoms with Crippen molar-refractivity contribution in [3.05, 3.63) is 46.7 Å². The van der Waals surface area contributed by atoms with Gasteiger partial charge >= 0.3 is 0 Å². The Hall–Kier alpha value is -2.14. The number of hydrogen-bond donors (Lipinski definition) is 2. The smallest absolute Gasteiger partial charge is 0.254 e. The van der Waals surface area contributed by atoms with Gasteiger partial charge in [-0.1, -0.05) is 18.5 Å². The quantitative estimate of drug-likeness (QED) is 0.889. The Kier molecular flexibility index (Phi) is 5.11. The SMILES string of the molecule is CCCNC(=O)c1cnc(Nc2ccc(Cl)cc2C)nc1. The molecule has 0 unspecified atom stereocenters. The summed E-state index contributed by atoms with van der Waals surface area (Å²) in [5.41, 5.74) is 2.32. The van der Waals surface area contributed by atoms with Gasteiger partial charge in [-0.25, -0.2) is 9.97 Å². The van der Waals surface area contributed by atoms with E-state index in [1.165, 1.54) is 12.4 Å². The van der Waals surface area contributed by atoms with Gasteiger partial charge in [0.05, 0.1) is 5.56 Å². The van der Waals surface area contributed by atoms with Crippen LogP contribution in [0.2, 0.25) is 5.02 Å². The maximum atomic E-state index is 11.7. The first-order valence-electron chi connectivity index (χ1n) is 6.73. The average Bonchev–Trinajstić information content (AvgIpc) is 2.48. The van der Waals surface area contributed by atoms with Gasteiger partial charge in [0.1, 0.15) is 0 Å². The summed E-state index contributed by atoms with van der Waals surface area (Å²) in [6.45, 7) is 4.59. The summed E-state index contributed by atoms with van der Waals surface area (Å²) < 4.78 is 0. The first-order valence-corrected chi connectivity index (χ1v) is 7.11. The Bertz CT molecular complexity index is 628. The minimum absolute atomic E-state index is 0.161. The highest BCUT2D eigenvalue weighted by Crippen LogP contribution is 2.21. The predicted octanol–water partition coefficient (Wildman–Crippen LogP) is 3.32. The van der Waals surface area contributed by atoms with E-state index in [9.17, 15) is 4.79 Å². The van der Waals surface area contributed by atoms with Crippen LogP contribution in [0.1, 0.15) is 29.3 Å². The molecule has 1 heterocycles. The van der Waals surface area contributed by atoms with Crippen molar-refractivity contribution >= 4 is 29.1 Å². The van der Waals surface area contributed by atoms with Crippen LogP contribution in [-0.2, 0) is 0 Å². The third-order valence-corrected chi connectivity index (χ3v) is 3.12. The standard InChI is InChI=1S/C15H17ClN4O/c1-3-6-17-14(21)11-8-18-15(19-9-11)20-13-5-4-12(16)7-10(13)2/h4-5,7-9H,3,6H2,1-2H3,(H,17,21)(H,18,19,20). The van der Waals surface area contributed by atoms with Gasteiger partial charge in [0, 0.05) is 29.6 Å². The van der Waals surface area contributed by atoms with Crippen molar-refractivity contribution in [1.29, 1.82) is 0 Å². The fourth-order valence-electron chi connectivity index (χ4n) is 1.74. The molecule has 1 aromatic heterocycles. The van der Waals surface area contributed by atoms with E-state index in [0.29, 0.717) is 23.1 Å². The zero-order valence-electron chi connectivity index (χ0n) is 12.0. The molecule has 1 amide bonds. The van der Waals surface area contributed by atoms with Gasteiger partial charge in [0.15, 0.2) is 0 Å². The molecule has 2 aromatic rings. The number of carbonyl (C=O) groups excluding carboxylic acids is 1. The largest absolute Gasteiger partial charge is 0.352 e. The Morgan fingerprint density at radius 2 is 2.00 bits per heavy atom. The molecular weight excluding hydrogens is 288 g/mol. The molecule has 5 nitrogen and oxygen atoms in total. The average molecular weight is 305 g/mol. The minimum atomic E-state index is -0.161. The lowest BCUT2D eigenvalue weighted by molar-refractivity contribution is 0.0953. The number of nitrogens with one attached hydrogen (secondary N) is 2. The fourth-order valence-corrected chi connectivity index (χ4v) is 1.96. The number of hydrogen-bond acceptors (Lipinski definition) is 4. The number of nitrogens with zero attached hydrogens (tertiary/aromatic N) is 2. The topological polar surface area (TPSA) is 66.9 Å². The van der Waals surface area contributed by atoms with Crippen LogP contribution in [0.3, 0.4) is 0 Å². The van der Waals surface area contributed by atoms with Crippen LogP contribution in [0.15, 0.2) is 30.6 Å². The molecule has 0 aliphatic rings. The second-order valence-corrected chi connectivity index (χ2v) is 5.07. The Labute approximate surface area is 128 Å². The summed E-state index contributed by atoms with van der Waals surface area (Å²) in [5, 5.41) is 6.56. The summed E-state index contributed by atoms with van der Waals surface area (Å²) >= 11 is 5.91. The van der Waals surface area contributed by atoms with Gasteiger partial charge in [0.2, 0.25) is 5.95 Å². The van der Waals surface area contributed by atoms with Crippen molar-refractivity contribution in [3.8, 4) is 0 Å². The minimum Gasteiger partial charge on any atom is -0.352 e. The third kappa shape index (κ3) is 4.16. The van der Waals surface area contributed by atoms with E-state index in [4.69, 9.17) is 11.6 Å². The van der Waals surface area contributed by atoms with Crippen LogP contribution in [-0.4, -0.2) is 22.4 Å². The molecule has 0 aliphatic heterocycles. The zero-order chi connectivity index (χ0) is 15.2. The summed E-state index contributed by atoms with van der Waals surface area (Å²) in [6, 6.07) is 5.52. The van der Waals surface area contributed by atoms with E-state index in [-0.39, 0.29) is 5.91 Å². The first-order chi connectivity index (χ1) is 10.1. The second-order valence-electron chi connectivity index (χ2n) is 4.64. The number of aromatic nitrogens is 2. The zero-order valence-corrected chi connectivity index (χ0v) is 12.7. The van der Waals surface area contributed by atoms with Crippen LogP contribution in [0.5, 0.6) is 0 Å². The highest BCUT2D eigenvalue weighted by molar-refractivity contribution is 6.30. The molecular formula is C15H17ClN4O. The maximum absolute atomic E-state index is 11.7. The maximum Gasteiger partial charge on any atom is 0.254 e. The van der Waals surface area contributed by atoms with E-state index in [1.807, 2.05) is 26.0 Å². The molecule has 21 heavy (non-hydrogen) atoms. The highest BCUT2D eigenvalue weighted by atomic mass is 35.5. The van der Waals surface area contributed by atoms with Crippen molar-refractivity contribution in [1.82, 2.24) is 15.3 Å². The number of carbonyl (C=O) groups is 1. The molecule has 0 saturated heterocycles. The summed E-state index contributed by atoms with van der Waals surface area (Å²) in [5.74, 6) is 0.276. The summed E-state index contributed by atoms with van der Waals surface area (Å²) in [6.07, 6.45) is 3.90. The molecule has 0 fully saturated rings. The first kappa shape index (κ1) is 15.3.